The molecule has 2 aliphatic rings. The van der Waals surface area contributed by atoms with E-state index < -0.39 is 10.0 Å². The van der Waals surface area contributed by atoms with Crippen molar-refractivity contribution in [2.75, 3.05) is 39.0 Å². The first-order valence-corrected chi connectivity index (χ1v) is 9.55. The summed E-state index contributed by atoms with van der Waals surface area (Å²) in [5.41, 5.74) is 0. The number of likely N-dealkylation sites (tertiary alicyclic amines) is 1. The van der Waals surface area contributed by atoms with Crippen molar-refractivity contribution < 1.29 is 8.42 Å². The van der Waals surface area contributed by atoms with Crippen LogP contribution < -0.4 is 5.32 Å². The molecule has 0 amide bonds. The molecule has 20 heavy (non-hydrogen) atoms. The van der Waals surface area contributed by atoms with Crippen LogP contribution in [0.3, 0.4) is 0 Å². The molecular formula is C14H29N3O2S. The van der Waals surface area contributed by atoms with Gasteiger partial charge in [0.2, 0.25) is 10.0 Å². The van der Waals surface area contributed by atoms with Gasteiger partial charge in [0.25, 0.3) is 0 Å². The summed E-state index contributed by atoms with van der Waals surface area (Å²) in [7, 11) is -0.781. The van der Waals surface area contributed by atoms with Gasteiger partial charge in [0.15, 0.2) is 0 Å². The quantitative estimate of drug-likeness (QED) is 0.819. The third kappa shape index (κ3) is 4.16. The van der Waals surface area contributed by atoms with Gasteiger partial charge in [-0.25, -0.2) is 12.7 Å². The van der Waals surface area contributed by atoms with Gasteiger partial charge in [-0.15, -0.1) is 0 Å². The minimum Gasteiger partial charge on any atom is -0.312 e. The summed E-state index contributed by atoms with van der Waals surface area (Å²) in [4.78, 5) is 2.45. The Morgan fingerprint density at radius 2 is 1.80 bits per heavy atom. The predicted molar refractivity (Wildman–Crippen MR) is 82.3 cm³/mol. The molecule has 0 saturated carbocycles. The lowest BCUT2D eigenvalue weighted by Crippen LogP contribution is -2.49. The lowest BCUT2D eigenvalue weighted by molar-refractivity contribution is 0.171. The fourth-order valence-electron chi connectivity index (χ4n) is 3.23. The second-order valence-electron chi connectivity index (χ2n) is 6.11. The third-order valence-electron chi connectivity index (χ3n) is 4.78. The van der Waals surface area contributed by atoms with Crippen molar-refractivity contribution in [2.45, 2.75) is 51.1 Å². The van der Waals surface area contributed by atoms with Gasteiger partial charge in [0.05, 0.1) is 5.75 Å². The van der Waals surface area contributed by atoms with Crippen molar-refractivity contribution in [2.24, 2.45) is 0 Å². The molecule has 6 heteroatoms. The molecule has 2 saturated heterocycles. The molecule has 0 radical (unpaired) electrons. The summed E-state index contributed by atoms with van der Waals surface area (Å²) in [6.07, 6.45) is 5.82. The molecule has 2 heterocycles. The largest absolute Gasteiger partial charge is 0.312 e. The Morgan fingerprint density at radius 1 is 1.10 bits per heavy atom. The summed E-state index contributed by atoms with van der Waals surface area (Å²) < 4.78 is 25.3. The summed E-state index contributed by atoms with van der Waals surface area (Å²) in [5.74, 6) is 0.220. The molecule has 118 valence electrons. The Kier molecular flexibility index (Phi) is 5.84. The number of piperidine rings is 2. The standard InChI is InChI=1S/C14H29N3O2S/c1-3-20(18,19)17-10-7-13(8-11-17)15-12-14-6-4-5-9-16(14)2/h13-15H,3-12H2,1-2H3. The van der Waals surface area contributed by atoms with Crippen LogP contribution in [0.1, 0.15) is 39.0 Å². The van der Waals surface area contributed by atoms with Crippen LogP contribution in [0.15, 0.2) is 0 Å². The number of hydrogen-bond donors (Lipinski definition) is 1. The van der Waals surface area contributed by atoms with E-state index in [1.54, 1.807) is 11.2 Å². The summed E-state index contributed by atoms with van der Waals surface area (Å²) in [6.45, 7) is 5.32. The van der Waals surface area contributed by atoms with Crippen molar-refractivity contribution in [3.63, 3.8) is 0 Å². The maximum Gasteiger partial charge on any atom is 0.213 e. The minimum absolute atomic E-state index is 0.220. The van der Waals surface area contributed by atoms with Gasteiger partial charge >= 0.3 is 0 Å². The van der Waals surface area contributed by atoms with Crippen LogP contribution in [0.4, 0.5) is 0 Å². The smallest absolute Gasteiger partial charge is 0.213 e. The maximum absolute atomic E-state index is 11.8. The van der Waals surface area contributed by atoms with Gasteiger partial charge < -0.3 is 10.2 Å². The highest BCUT2D eigenvalue weighted by atomic mass is 32.2. The van der Waals surface area contributed by atoms with Crippen LogP contribution in [0.2, 0.25) is 0 Å². The first-order valence-electron chi connectivity index (χ1n) is 7.94. The number of hydrogen-bond acceptors (Lipinski definition) is 4. The van der Waals surface area contributed by atoms with Gasteiger partial charge in [0, 0.05) is 31.7 Å². The maximum atomic E-state index is 11.8. The fraction of sp³-hybridized carbons (Fsp3) is 1.00. The molecule has 1 unspecified atom stereocenters. The van der Waals surface area contributed by atoms with E-state index in [-0.39, 0.29) is 5.75 Å². The molecule has 5 nitrogen and oxygen atoms in total. The monoisotopic (exact) mass is 303 g/mol. The summed E-state index contributed by atoms with van der Waals surface area (Å²) in [5, 5.41) is 3.65. The molecule has 0 aromatic heterocycles. The van der Waals surface area contributed by atoms with Gasteiger partial charge in [-0.05, 0) is 46.2 Å². The van der Waals surface area contributed by atoms with E-state index in [9.17, 15) is 8.42 Å². The molecular weight excluding hydrogens is 274 g/mol. The van der Waals surface area contributed by atoms with Gasteiger partial charge in [0.1, 0.15) is 0 Å². The number of rotatable bonds is 5. The van der Waals surface area contributed by atoms with Crippen molar-refractivity contribution in [1.82, 2.24) is 14.5 Å². The van der Waals surface area contributed by atoms with E-state index in [2.05, 4.69) is 17.3 Å². The van der Waals surface area contributed by atoms with E-state index in [1.807, 2.05) is 0 Å². The molecule has 0 aromatic carbocycles. The number of nitrogens with one attached hydrogen (secondary N) is 1. The zero-order valence-electron chi connectivity index (χ0n) is 12.8. The van der Waals surface area contributed by atoms with Crippen LogP contribution in [-0.2, 0) is 10.0 Å². The number of sulfonamides is 1. The Labute approximate surface area is 123 Å². The molecule has 2 fully saturated rings. The van der Waals surface area contributed by atoms with E-state index in [0.717, 1.165) is 19.4 Å². The molecule has 0 aromatic rings. The van der Waals surface area contributed by atoms with E-state index >= 15 is 0 Å². The lowest BCUT2D eigenvalue weighted by atomic mass is 10.0. The van der Waals surface area contributed by atoms with Crippen LogP contribution in [0.25, 0.3) is 0 Å². The van der Waals surface area contributed by atoms with Crippen molar-refractivity contribution in [3.05, 3.63) is 0 Å². The average molecular weight is 303 g/mol. The highest BCUT2D eigenvalue weighted by molar-refractivity contribution is 7.89. The SMILES string of the molecule is CCS(=O)(=O)N1CCC(NCC2CCCCN2C)CC1. The van der Waals surface area contributed by atoms with Crippen LogP contribution in [0.5, 0.6) is 0 Å². The van der Waals surface area contributed by atoms with Crippen molar-refractivity contribution in [1.29, 1.82) is 0 Å². The van der Waals surface area contributed by atoms with E-state index in [4.69, 9.17) is 0 Å². The molecule has 1 atom stereocenters. The fourth-order valence-corrected chi connectivity index (χ4v) is 4.36. The van der Waals surface area contributed by atoms with Crippen LogP contribution >= 0.6 is 0 Å². The summed E-state index contributed by atoms with van der Waals surface area (Å²) >= 11 is 0. The Balaban J connectivity index is 1.72. The zero-order chi connectivity index (χ0) is 14.6. The zero-order valence-corrected chi connectivity index (χ0v) is 13.7. The Hall–Kier alpha value is -0.170. The first-order chi connectivity index (χ1) is 9.53. The molecule has 2 rings (SSSR count). The molecule has 2 aliphatic heterocycles. The molecule has 0 aliphatic carbocycles. The Morgan fingerprint density at radius 3 is 2.40 bits per heavy atom. The van der Waals surface area contributed by atoms with Gasteiger partial charge in [-0.3, -0.25) is 0 Å². The minimum atomic E-state index is -2.99. The molecule has 0 spiro atoms. The number of nitrogens with zero attached hydrogens (tertiary/aromatic N) is 2. The normalized spacial score (nSPS) is 27.8. The van der Waals surface area contributed by atoms with Crippen molar-refractivity contribution >= 4 is 10.0 Å². The number of likely N-dealkylation sites (N-methyl/N-ethyl adjacent to an activating group) is 1. The van der Waals surface area contributed by atoms with Gasteiger partial charge in [-0.1, -0.05) is 6.42 Å². The lowest BCUT2D eigenvalue weighted by Gasteiger charge is -2.36. The van der Waals surface area contributed by atoms with Gasteiger partial charge in [-0.2, -0.15) is 0 Å². The third-order valence-corrected chi connectivity index (χ3v) is 6.66. The first kappa shape index (κ1) is 16.2. The summed E-state index contributed by atoms with van der Waals surface area (Å²) in [6, 6.07) is 1.13. The highest BCUT2D eigenvalue weighted by Crippen LogP contribution is 2.17. The van der Waals surface area contributed by atoms with Crippen LogP contribution in [-0.4, -0.2) is 68.7 Å². The topological polar surface area (TPSA) is 52.7 Å². The molecule has 1 N–H and O–H groups in total. The average Bonchev–Trinajstić information content (AvgIpc) is 2.47. The van der Waals surface area contributed by atoms with Crippen molar-refractivity contribution in [3.8, 4) is 0 Å². The second kappa shape index (κ2) is 7.20. The predicted octanol–water partition coefficient (Wildman–Crippen LogP) is 0.874. The highest BCUT2D eigenvalue weighted by Gasteiger charge is 2.27. The Bertz CT molecular complexity index is 391. The van der Waals surface area contributed by atoms with Crippen LogP contribution in [0, 0.1) is 0 Å². The van der Waals surface area contributed by atoms with E-state index in [1.165, 1.54) is 25.8 Å². The van der Waals surface area contributed by atoms with E-state index in [0.29, 0.717) is 25.2 Å². The second-order valence-corrected chi connectivity index (χ2v) is 8.37. The molecule has 0 bridgehead atoms.